The highest BCUT2D eigenvalue weighted by atomic mass is 16.4. The van der Waals surface area contributed by atoms with E-state index in [1.807, 2.05) is 36.4 Å². The number of hydrogen-bond donors (Lipinski definition) is 0. The van der Waals surface area contributed by atoms with Gasteiger partial charge in [-0.25, -0.2) is 4.98 Å². The Morgan fingerprint density at radius 3 is 1.49 bits per heavy atom. The average molecular weight is 681 g/mol. The van der Waals surface area contributed by atoms with Crippen molar-refractivity contribution in [2.24, 2.45) is 0 Å². The fourth-order valence-electron chi connectivity index (χ4n) is 7.22. The summed E-state index contributed by atoms with van der Waals surface area (Å²) in [7, 11) is 0. The molecule has 0 atom stereocenters. The number of anilines is 3. The summed E-state index contributed by atoms with van der Waals surface area (Å²) >= 11 is 0. The second kappa shape index (κ2) is 12.9. The molecule has 0 aliphatic rings. The molecule has 0 radical (unpaired) electrons. The summed E-state index contributed by atoms with van der Waals surface area (Å²) in [6, 6.07) is 67.8. The van der Waals surface area contributed by atoms with Crippen LogP contribution in [0.1, 0.15) is 0 Å². The van der Waals surface area contributed by atoms with Crippen LogP contribution in [-0.4, -0.2) is 4.98 Å². The lowest BCUT2D eigenvalue weighted by Crippen LogP contribution is -2.10. The summed E-state index contributed by atoms with van der Waals surface area (Å²) in [5, 5.41) is 2.06. The number of nitrogens with zero attached hydrogens (tertiary/aromatic N) is 2. The van der Waals surface area contributed by atoms with Gasteiger partial charge in [0, 0.05) is 39.5 Å². The molecule has 2 aromatic heterocycles. The van der Waals surface area contributed by atoms with E-state index in [2.05, 4.69) is 163 Å². The zero-order valence-corrected chi connectivity index (χ0v) is 28.7. The van der Waals surface area contributed by atoms with Crippen LogP contribution >= 0.6 is 0 Å². The van der Waals surface area contributed by atoms with E-state index < -0.39 is 0 Å². The molecule has 0 N–H and O–H groups in total. The van der Waals surface area contributed by atoms with E-state index >= 15 is 0 Å². The summed E-state index contributed by atoms with van der Waals surface area (Å²) in [5.74, 6) is 0.603. The zero-order valence-electron chi connectivity index (χ0n) is 28.7. The van der Waals surface area contributed by atoms with Gasteiger partial charge >= 0.3 is 0 Å². The SMILES string of the molecule is c1ccc(-c2ccc(N(c3ccc(-c4ccc5oc6cc7oc(-c8ccccc8)nc7cc6c5c4)cc3)c3cccc(-c4ccccc4)c3)cc2)cc1. The Morgan fingerprint density at radius 2 is 0.830 bits per heavy atom. The summed E-state index contributed by atoms with van der Waals surface area (Å²) in [6.07, 6.45) is 0. The third-order valence-electron chi connectivity index (χ3n) is 9.90. The molecule has 10 aromatic rings. The van der Waals surface area contributed by atoms with E-state index in [1.54, 1.807) is 0 Å². The minimum Gasteiger partial charge on any atom is -0.456 e. The number of oxazole rings is 1. The van der Waals surface area contributed by atoms with Gasteiger partial charge < -0.3 is 13.7 Å². The molecule has 0 unspecified atom stereocenters. The minimum atomic E-state index is 0.603. The maximum atomic E-state index is 6.30. The van der Waals surface area contributed by atoms with Gasteiger partial charge in [0.15, 0.2) is 5.58 Å². The molecule has 250 valence electrons. The van der Waals surface area contributed by atoms with Crippen LogP contribution < -0.4 is 4.90 Å². The molecule has 0 spiro atoms. The van der Waals surface area contributed by atoms with Crippen LogP contribution in [-0.2, 0) is 0 Å². The van der Waals surface area contributed by atoms with Gasteiger partial charge in [-0.05, 0) is 100 Å². The predicted octanol–water partition coefficient (Wildman–Crippen LogP) is 13.9. The molecule has 0 aliphatic carbocycles. The van der Waals surface area contributed by atoms with E-state index in [-0.39, 0.29) is 0 Å². The molecule has 10 rings (SSSR count). The Labute approximate surface area is 306 Å². The first kappa shape index (κ1) is 30.6. The van der Waals surface area contributed by atoms with Crippen LogP contribution in [0, 0.1) is 0 Å². The monoisotopic (exact) mass is 680 g/mol. The zero-order chi connectivity index (χ0) is 35.1. The third-order valence-corrected chi connectivity index (χ3v) is 9.90. The molecule has 2 heterocycles. The second-order valence-electron chi connectivity index (χ2n) is 13.2. The van der Waals surface area contributed by atoms with Crippen molar-refractivity contribution in [2.45, 2.75) is 0 Å². The van der Waals surface area contributed by atoms with Crippen LogP contribution in [0.25, 0.3) is 77.9 Å². The average Bonchev–Trinajstić information content (AvgIpc) is 3.82. The van der Waals surface area contributed by atoms with Gasteiger partial charge in [-0.1, -0.05) is 121 Å². The highest BCUT2D eigenvalue weighted by molar-refractivity contribution is 6.10. The molecule has 53 heavy (non-hydrogen) atoms. The van der Waals surface area contributed by atoms with Crippen molar-refractivity contribution in [1.82, 2.24) is 4.98 Å². The number of aromatic nitrogens is 1. The van der Waals surface area contributed by atoms with Crippen molar-refractivity contribution in [1.29, 1.82) is 0 Å². The van der Waals surface area contributed by atoms with E-state index in [1.165, 1.54) is 22.3 Å². The van der Waals surface area contributed by atoms with Gasteiger partial charge in [0.1, 0.15) is 16.7 Å². The van der Waals surface area contributed by atoms with Crippen molar-refractivity contribution in [3.63, 3.8) is 0 Å². The van der Waals surface area contributed by atoms with E-state index in [0.717, 1.165) is 61.2 Å². The van der Waals surface area contributed by atoms with Crippen molar-refractivity contribution in [3.8, 4) is 44.8 Å². The van der Waals surface area contributed by atoms with Crippen molar-refractivity contribution in [2.75, 3.05) is 4.90 Å². The van der Waals surface area contributed by atoms with Gasteiger partial charge in [-0.2, -0.15) is 0 Å². The normalized spacial score (nSPS) is 11.4. The van der Waals surface area contributed by atoms with E-state index in [9.17, 15) is 0 Å². The third kappa shape index (κ3) is 5.73. The fourth-order valence-corrected chi connectivity index (χ4v) is 7.22. The summed E-state index contributed by atoms with van der Waals surface area (Å²) in [4.78, 5) is 7.13. The lowest BCUT2D eigenvalue weighted by Gasteiger charge is -2.26. The van der Waals surface area contributed by atoms with Gasteiger partial charge in [-0.15, -0.1) is 0 Å². The molecule has 0 saturated heterocycles. The minimum absolute atomic E-state index is 0.603. The standard InChI is InChI=1S/C49H32N2O2/c1-4-11-33(12-5-1)35-19-24-40(25-20-35)51(42-18-10-17-38(29-42)34-13-6-2-7-14-34)41-26-21-36(22-27-41)39-23-28-46-43(30-39)44-31-45-48(32-47(44)52-46)53-49(50-45)37-15-8-3-9-16-37/h1-32H. The Balaban J connectivity index is 1.02. The van der Waals surface area contributed by atoms with Gasteiger partial charge in [0.05, 0.1) is 0 Å². The van der Waals surface area contributed by atoms with Crippen LogP contribution in [0.2, 0.25) is 0 Å². The van der Waals surface area contributed by atoms with Crippen LogP contribution in [0.5, 0.6) is 0 Å². The molecule has 8 aromatic carbocycles. The summed E-state index contributed by atoms with van der Waals surface area (Å²) < 4.78 is 12.4. The molecular weight excluding hydrogens is 649 g/mol. The molecule has 4 nitrogen and oxygen atoms in total. The molecular formula is C49H32N2O2. The van der Waals surface area contributed by atoms with Gasteiger partial charge in [0.2, 0.25) is 5.89 Å². The van der Waals surface area contributed by atoms with Gasteiger partial charge in [0.25, 0.3) is 0 Å². The smallest absolute Gasteiger partial charge is 0.227 e. The summed E-state index contributed by atoms with van der Waals surface area (Å²) in [6.45, 7) is 0. The Morgan fingerprint density at radius 1 is 0.321 bits per heavy atom. The van der Waals surface area contributed by atoms with Gasteiger partial charge in [-0.3, -0.25) is 0 Å². The lowest BCUT2D eigenvalue weighted by molar-refractivity contribution is 0.617. The Hall–Kier alpha value is -7.17. The largest absolute Gasteiger partial charge is 0.456 e. The summed E-state index contributed by atoms with van der Waals surface area (Å²) in [5.41, 5.74) is 14.3. The number of benzene rings is 8. The first-order chi connectivity index (χ1) is 26.2. The number of furan rings is 1. The molecule has 0 bridgehead atoms. The molecule has 0 amide bonds. The van der Waals surface area contributed by atoms with E-state index in [4.69, 9.17) is 13.8 Å². The first-order valence-electron chi connectivity index (χ1n) is 17.8. The Bertz CT molecular complexity index is 2860. The highest BCUT2D eigenvalue weighted by Gasteiger charge is 2.17. The van der Waals surface area contributed by atoms with Crippen LogP contribution in [0.3, 0.4) is 0 Å². The number of rotatable bonds is 7. The maximum Gasteiger partial charge on any atom is 0.227 e. The predicted molar refractivity (Wildman–Crippen MR) is 218 cm³/mol. The van der Waals surface area contributed by atoms with Crippen LogP contribution in [0.4, 0.5) is 17.1 Å². The number of hydrogen-bond acceptors (Lipinski definition) is 4. The van der Waals surface area contributed by atoms with Crippen LogP contribution in [0.15, 0.2) is 203 Å². The molecule has 0 fully saturated rings. The molecule has 4 heteroatoms. The maximum absolute atomic E-state index is 6.30. The Kier molecular flexibility index (Phi) is 7.43. The molecule has 0 aliphatic heterocycles. The molecule has 0 saturated carbocycles. The van der Waals surface area contributed by atoms with Crippen molar-refractivity contribution < 1.29 is 8.83 Å². The topological polar surface area (TPSA) is 42.4 Å². The highest BCUT2D eigenvalue weighted by Crippen LogP contribution is 2.40. The van der Waals surface area contributed by atoms with Crippen molar-refractivity contribution in [3.05, 3.63) is 194 Å². The number of fused-ring (bicyclic) bond motifs is 4. The fraction of sp³-hybridized carbons (Fsp3) is 0. The van der Waals surface area contributed by atoms with E-state index in [0.29, 0.717) is 11.5 Å². The lowest BCUT2D eigenvalue weighted by atomic mass is 10.0. The first-order valence-corrected chi connectivity index (χ1v) is 17.8. The van der Waals surface area contributed by atoms with Crippen molar-refractivity contribution >= 4 is 50.1 Å². The quantitative estimate of drug-likeness (QED) is 0.168. The second-order valence-corrected chi connectivity index (χ2v) is 13.2.